The molecule has 3 unspecified atom stereocenters. The monoisotopic (exact) mass is 335 g/mol. The number of rotatable bonds is 5. The second-order valence-electron chi connectivity index (χ2n) is 6.51. The number of anilines is 1. The average Bonchev–Trinajstić information content (AvgIpc) is 2.55. The van der Waals surface area contributed by atoms with Crippen LogP contribution in [0.25, 0.3) is 0 Å². The number of benzene rings is 1. The minimum absolute atomic E-state index is 0.00686. The van der Waals surface area contributed by atoms with Gasteiger partial charge < -0.3 is 10.4 Å². The summed E-state index contributed by atoms with van der Waals surface area (Å²) in [5.41, 5.74) is 0.904. The van der Waals surface area contributed by atoms with Gasteiger partial charge in [0.25, 0.3) is 5.69 Å². The SMILES string of the molecule is Cc1c(NC(=O)C(C)N2CCCC(C(C)O)C2)cccc1[N+](=O)[O-]. The number of nitrogens with zero attached hydrogens (tertiary/aromatic N) is 2. The summed E-state index contributed by atoms with van der Waals surface area (Å²) in [7, 11) is 0. The molecule has 24 heavy (non-hydrogen) atoms. The van der Waals surface area contributed by atoms with Gasteiger partial charge in [-0.2, -0.15) is 0 Å². The van der Waals surface area contributed by atoms with Crippen molar-refractivity contribution in [3.05, 3.63) is 33.9 Å². The Hall–Kier alpha value is -1.99. The minimum Gasteiger partial charge on any atom is -0.393 e. The number of piperidine rings is 1. The molecule has 1 heterocycles. The fourth-order valence-electron chi connectivity index (χ4n) is 3.15. The van der Waals surface area contributed by atoms with Gasteiger partial charge in [-0.1, -0.05) is 6.07 Å². The van der Waals surface area contributed by atoms with E-state index in [1.165, 1.54) is 6.07 Å². The zero-order valence-corrected chi connectivity index (χ0v) is 14.4. The molecule has 0 radical (unpaired) electrons. The van der Waals surface area contributed by atoms with E-state index in [1.807, 2.05) is 6.92 Å². The number of nitro groups is 1. The number of aliphatic hydroxyl groups is 1. The van der Waals surface area contributed by atoms with Crippen molar-refractivity contribution in [2.45, 2.75) is 45.8 Å². The third-order valence-corrected chi connectivity index (χ3v) is 4.86. The van der Waals surface area contributed by atoms with Crippen molar-refractivity contribution in [1.82, 2.24) is 4.90 Å². The highest BCUT2D eigenvalue weighted by Crippen LogP contribution is 2.26. The van der Waals surface area contributed by atoms with E-state index in [0.29, 0.717) is 17.8 Å². The van der Waals surface area contributed by atoms with Gasteiger partial charge in [-0.05, 0) is 52.1 Å². The van der Waals surface area contributed by atoms with E-state index in [-0.39, 0.29) is 29.7 Å². The molecule has 1 aromatic rings. The highest BCUT2D eigenvalue weighted by molar-refractivity contribution is 5.95. The first-order valence-electron chi connectivity index (χ1n) is 8.28. The maximum Gasteiger partial charge on any atom is 0.274 e. The molecule has 3 atom stereocenters. The lowest BCUT2D eigenvalue weighted by Gasteiger charge is -2.37. The predicted octanol–water partition coefficient (Wildman–Crippen LogP) is 2.32. The van der Waals surface area contributed by atoms with E-state index >= 15 is 0 Å². The van der Waals surface area contributed by atoms with Crippen molar-refractivity contribution in [2.75, 3.05) is 18.4 Å². The van der Waals surface area contributed by atoms with Crippen LogP contribution < -0.4 is 5.32 Å². The maximum atomic E-state index is 12.5. The number of carbonyl (C=O) groups excluding carboxylic acids is 1. The van der Waals surface area contributed by atoms with Gasteiger partial charge in [-0.25, -0.2) is 0 Å². The van der Waals surface area contributed by atoms with Gasteiger partial charge in [-0.3, -0.25) is 19.8 Å². The van der Waals surface area contributed by atoms with Crippen LogP contribution in [0.1, 0.15) is 32.3 Å². The van der Waals surface area contributed by atoms with E-state index in [9.17, 15) is 20.0 Å². The van der Waals surface area contributed by atoms with Gasteiger partial charge >= 0.3 is 0 Å². The maximum absolute atomic E-state index is 12.5. The molecule has 0 bridgehead atoms. The first kappa shape index (κ1) is 18.4. The quantitative estimate of drug-likeness (QED) is 0.636. The lowest BCUT2D eigenvalue weighted by Crippen LogP contribution is -2.48. The summed E-state index contributed by atoms with van der Waals surface area (Å²) in [5.74, 6) is -0.0154. The topological polar surface area (TPSA) is 95.7 Å². The van der Waals surface area contributed by atoms with Crippen molar-refractivity contribution in [1.29, 1.82) is 0 Å². The van der Waals surface area contributed by atoms with Gasteiger partial charge in [0.05, 0.1) is 28.3 Å². The number of nitro benzene ring substituents is 1. The summed E-state index contributed by atoms with van der Waals surface area (Å²) in [4.78, 5) is 25.1. The number of hydrogen-bond acceptors (Lipinski definition) is 5. The van der Waals surface area contributed by atoms with Gasteiger partial charge in [0, 0.05) is 12.6 Å². The number of amides is 1. The van der Waals surface area contributed by atoms with Crippen LogP contribution in [0.15, 0.2) is 18.2 Å². The summed E-state index contributed by atoms with van der Waals surface area (Å²) in [5, 5.41) is 23.6. The van der Waals surface area contributed by atoms with E-state index in [1.54, 1.807) is 26.0 Å². The first-order chi connectivity index (χ1) is 11.3. The molecule has 7 heteroatoms. The number of carbonyl (C=O) groups is 1. The van der Waals surface area contributed by atoms with Crippen molar-refractivity contribution >= 4 is 17.3 Å². The fraction of sp³-hybridized carbons (Fsp3) is 0.588. The molecule has 1 aromatic carbocycles. The predicted molar refractivity (Wildman–Crippen MR) is 91.9 cm³/mol. The molecule has 1 amide bonds. The summed E-state index contributed by atoms with van der Waals surface area (Å²) in [6.45, 7) is 6.73. The molecule has 132 valence electrons. The molecule has 2 rings (SSSR count). The zero-order valence-electron chi connectivity index (χ0n) is 14.4. The van der Waals surface area contributed by atoms with Crippen LogP contribution in [0.2, 0.25) is 0 Å². The lowest BCUT2D eigenvalue weighted by molar-refractivity contribution is -0.385. The highest BCUT2D eigenvalue weighted by atomic mass is 16.6. The second kappa shape index (κ2) is 7.72. The zero-order chi connectivity index (χ0) is 17.9. The molecule has 7 nitrogen and oxygen atoms in total. The summed E-state index contributed by atoms with van der Waals surface area (Å²) in [6, 6.07) is 4.30. The molecule has 0 saturated carbocycles. The Morgan fingerprint density at radius 2 is 2.17 bits per heavy atom. The van der Waals surface area contributed by atoms with Crippen LogP contribution in [-0.4, -0.2) is 46.1 Å². The standard InChI is InChI=1S/C17H25N3O4/c1-11-15(7-4-8-16(11)20(23)24)18-17(22)12(2)19-9-5-6-14(10-19)13(3)21/h4,7-8,12-14,21H,5-6,9-10H2,1-3H3,(H,18,22). The smallest absolute Gasteiger partial charge is 0.274 e. The van der Waals surface area contributed by atoms with Crippen LogP contribution in [0.4, 0.5) is 11.4 Å². The molecule has 1 fully saturated rings. The largest absolute Gasteiger partial charge is 0.393 e. The van der Waals surface area contributed by atoms with Gasteiger partial charge in [0.1, 0.15) is 0 Å². The minimum atomic E-state index is -0.452. The Labute approximate surface area is 141 Å². The molecular formula is C17H25N3O4. The van der Waals surface area contributed by atoms with Crippen LogP contribution in [0.5, 0.6) is 0 Å². The van der Waals surface area contributed by atoms with Crippen molar-refractivity contribution in [2.24, 2.45) is 5.92 Å². The highest BCUT2D eigenvalue weighted by Gasteiger charge is 2.29. The van der Waals surface area contributed by atoms with E-state index in [4.69, 9.17) is 0 Å². The number of likely N-dealkylation sites (tertiary alicyclic amines) is 1. The molecule has 0 aliphatic carbocycles. The number of hydrogen-bond donors (Lipinski definition) is 2. The van der Waals surface area contributed by atoms with Gasteiger partial charge in [0.2, 0.25) is 5.91 Å². The summed E-state index contributed by atoms with van der Waals surface area (Å²) < 4.78 is 0. The van der Waals surface area contributed by atoms with Crippen LogP contribution in [0, 0.1) is 23.0 Å². The molecule has 2 N–H and O–H groups in total. The van der Waals surface area contributed by atoms with Crippen LogP contribution in [-0.2, 0) is 4.79 Å². The first-order valence-corrected chi connectivity index (χ1v) is 8.28. The van der Waals surface area contributed by atoms with E-state index in [2.05, 4.69) is 10.2 Å². The third kappa shape index (κ3) is 4.10. The number of nitrogens with one attached hydrogen (secondary N) is 1. The van der Waals surface area contributed by atoms with E-state index in [0.717, 1.165) is 19.4 Å². The molecule has 1 saturated heterocycles. The molecule has 1 aliphatic rings. The molecule has 1 aliphatic heterocycles. The molecule has 0 aromatic heterocycles. The summed E-state index contributed by atoms with van der Waals surface area (Å²) in [6.07, 6.45) is 1.53. The second-order valence-corrected chi connectivity index (χ2v) is 6.51. The van der Waals surface area contributed by atoms with E-state index < -0.39 is 4.92 Å². The Morgan fingerprint density at radius 3 is 2.79 bits per heavy atom. The van der Waals surface area contributed by atoms with Crippen molar-refractivity contribution < 1.29 is 14.8 Å². The lowest BCUT2D eigenvalue weighted by atomic mass is 9.92. The Bertz CT molecular complexity index is 618. The van der Waals surface area contributed by atoms with Crippen LogP contribution in [0.3, 0.4) is 0 Å². The van der Waals surface area contributed by atoms with Crippen LogP contribution >= 0.6 is 0 Å². The number of aliphatic hydroxyl groups excluding tert-OH is 1. The Morgan fingerprint density at radius 1 is 1.46 bits per heavy atom. The van der Waals surface area contributed by atoms with Crippen molar-refractivity contribution in [3.63, 3.8) is 0 Å². The fourth-order valence-corrected chi connectivity index (χ4v) is 3.15. The third-order valence-electron chi connectivity index (χ3n) is 4.86. The normalized spacial score (nSPS) is 21.1. The summed E-state index contributed by atoms with van der Waals surface area (Å²) >= 11 is 0. The average molecular weight is 335 g/mol. The Kier molecular flexibility index (Phi) is 5.90. The van der Waals surface area contributed by atoms with Gasteiger partial charge in [0.15, 0.2) is 0 Å². The van der Waals surface area contributed by atoms with Crippen molar-refractivity contribution in [3.8, 4) is 0 Å². The molecule has 0 spiro atoms. The molecular weight excluding hydrogens is 310 g/mol. The van der Waals surface area contributed by atoms with Gasteiger partial charge in [-0.15, -0.1) is 0 Å². The Balaban J connectivity index is 2.07.